The SMILES string of the molecule is CCNC(=NCCCOCC)N1CC=C(c2ccccc2)CC1. The van der Waals surface area contributed by atoms with Crippen LogP contribution in [0.2, 0.25) is 0 Å². The predicted molar refractivity (Wildman–Crippen MR) is 97.7 cm³/mol. The first-order valence-corrected chi connectivity index (χ1v) is 8.70. The van der Waals surface area contributed by atoms with Gasteiger partial charge in [0.25, 0.3) is 0 Å². The molecule has 1 N–H and O–H groups in total. The molecule has 0 bridgehead atoms. The average molecular weight is 315 g/mol. The standard InChI is InChI=1S/C19H29N3O/c1-3-20-19(21-13-8-16-23-4-2)22-14-11-18(12-15-22)17-9-6-5-7-10-17/h5-7,9-11H,3-4,8,12-16H2,1-2H3,(H,20,21). The maximum atomic E-state index is 5.37. The van der Waals surface area contributed by atoms with Gasteiger partial charge in [0.2, 0.25) is 0 Å². The number of hydrogen-bond donors (Lipinski definition) is 1. The fraction of sp³-hybridized carbons (Fsp3) is 0.526. The average Bonchev–Trinajstić information content (AvgIpc) is 2.61. The van der Waals surface area contributed by atoms with E-state index in [1.54, 1.807) is 0 Å². The van der Waals surface area contributed by atoms with Crippen molar-refractivity contribution in [3.05, 3.63) is 42.0 Å². The minimum Gasteiger partial charge on any atom is -0.382 e. The number of guanidine groups is 1. The third kappa shape index (κ3) is 5.71. The van der Waals surface area contributed by atoms with E-state index in [1.165, 1.54) is 11.1 Å². The van der Waals surface area contributed by atoms with Crippen molar-refractivity contribution in [1.29, 1.82) is 0 Å². The van der Waals surface area contributed by atoms with Crippen LogP contribution in [0.1, 0.15) is 32.3 Å². The molecule has 0 aliphatic carbocycles. The molecule has 0 amide bonds. The first-order chi connectivity index (χ1) is 11.3. The van der Waals surface area contributed by atoms with Crippen LogP contribution >= 0.6 is 0 Å². The second kappa shape index (κ2) is 10.1. The van der Waals surface area contributed by atoms with E-state index in [0.29, 0.717) is 0 Å². The number of nitrogens with zero attached hydrogens (tertiary/aromatic N) is 2. The molecule has 1 heterocycles. The first-order valence-electron chi connectivity index (χ1n) is 8.70. The number of nitrogens with one attached hydrogen (secondary N) is 1. The summed E-state index contributed by atoms with van der Waals surface area (Å²) >= 11 is 0. The van der Waals surface area contributed by atoms with E-state index in [-0.39, 0.29) is 0 Å². The Labute approximate surface area is 140 Å². The minimum atomic E-state index is 0.781. The highest BCUT2D eigenvalue weighted by atomic mass is 16.5. The lowest BCUT2D eigenvalue weighted by atomic mass is 10.00. The lowest BCUT2D eigenvalue weighted by molar-refractivity contribution is 0.146. The highest BCUT2D eigenvalue weighted by molar-refractivity contribution is 5.81. The minimum absolute atomic E-state index is 0.781. The lowest BCUT2D eigenvalue weighted by Crippen LogP contribution is -2.43. The van der Waals surface area contributed by atoms with E-state index in [9.17, 15) is 0 Å². The summed E-state index contributed by atoms with van der Waals surface area (Å²) in [6.45, 7) is 9.35. The Hall–Kier alpha value is -1.81. The summed E-state index contributed by atoms with van der Waals surface area (Å²) < 4.78 is 5.37. The van der Waals surface area contributed by atoms with E-state index in [1.807, 2.05) is 6.92 Å². The van der Waals surface area contributed by atoms with Crippen LogP contribution in [0.15, 0.2) is 41.4 Å². The molecule has 0 atom stereocenters. The molecule has 0 saturated heterocycles. The van der Waals surface area contributed by atoms with Gasteiger partial charge in [-0.25, -0.2) is 0 Å². The van der Waals surface area contributed by atoms with Crippen LogP contribution in [-0.4, -0.2) is 50.3 Å². The van der Waals surface area contributed by atoms with Crippen molar-refractivity contribution >= 4 is 11.5 Å². The third-order valence-corrected chi connectivity index (χ3v) is 3.90. The molecule has 1 aromatic rings. The molecule has 4 nitrogen and oxygen atoms in total. The Morgan fingerprint density at radius 3 is 2.74 bits per heavy atom. The van der Waals surface area contributed by atoms with Gasteiger partial charge in [-0.15, -0.1) is 0 Å². The molecule has 1 aliphatic rings. The summed E-state index contributed by atoms with van der Waals surface area (Å²) in [7, 11) is 0. The Balaban J connectivity index is 1.91. The van der Waals surface area contributed by atoms with Gasteiger partial charge in [-0.3, -0.25) is 4.99 Å². The highest BCUT2D eigenvalue weighted by Crippen LogP contribution is 2.21. The van der Waals surface area contributed by atoms with Gasteiger partial charge in [-0.2, -0.15) is 0 Å². The molecule has 4 heteroatoms. The number of rotatable bonds is 7. The van der Waals surface area contributed by atoms with Crippen LogP contribution in [0, 0.1) is 0 Å². The van der Waals surface area contributed by atoms with Crippen molar-refractivity contribution in [3.8, 4) is 0 Å². The monoisotopic (exact) mass is 315 g/mol. The van der Waals surface area contributed by atoms with Crippen molar-refractivity contribution < 1.29 is 4.74 Å². The zero-order chi connectivity index (χ0) is 16.3. The number of aliphatic imine (C=N–C) groups is 1. The Kier molecular flexibility index (Phi) is 7.67. The smallest absolute Gasteiger partial charge is 0.194 e. The number of benzene rings is 1. The Morgan fingerprint density at radius 2 is 2.09 bits per heavy atom. The van der Waals surface area contributed by atoms with Gasteiger partial charge in [-0.1, -0.05) is 36.4 Å². The van der Waals surface area contributed by atoms with Crippen molar-refractivity contribution in [2.75, 3.05) is 39.4 Å². The maximum absolute atomic E-state index is 5.37. The molecule has 126 valence electrons. The number of ether oxygens (including phenoxy) is 1. The summed E-state index contributed by atoms with van der Waals surface area (Å²) in [5.41, 5.74) is 2.78. The second-order valence-corrected chi connectivity index (χ2v) is 5.58. The molecule has 0 unspecified atom stereocenters. The van der Waals surface area contributed by atoms with Gasteiger partial charge in [-0.05, 0) is 37.8 Å². The quantitative estimate of drug-likeness (QED) is 0.477. The number of hydrogen-bond acceptors (Lipinski definition) is 2. The molecule has 0 fully saturated rings. The fourth-order valence-electron chi connectivity index (χ4n) is 2.70. The maximum Gasteiger partial charge on any atom is 0.194 e. The zero-order valence-corrected chi connectivity index (χ0v) is 14.4. The molecule has 2 rings (SSSR count). The zero-order valence-electron chi connectivity index (χ0n) is 14.4. The van der Waals surface area contributed by atoms with Gasteiger partial charge in [0.15, 0.2) is 5.96 Å². The van der Waals surface area contributed by atoms with Gasteiger partial charge >= 0.3 is 0 Å². The largest absolute Gasteiger partial charge is 0.382 e. The van der Waals surface area contributed by atoms with Crippen LogP contribution in [0.4, 0.5) is 0 Å². The molecular weight excluding hydrogens is 286 g/mol. The van der Waals surface area contributed by atoms with Crippen molar-refractivity contribution in [1.82, 2.24) is 10.2 Å². The summed E-state index contributed by atoms with van der Waals surface area (Å²) in [6.07, 6.45) is 4.36. The summed E-state index contributed by atoms with van der Waals surface area (Å²) in [4.78, 5) is 7.06. The third-order valence-electron chi connectivity index (χ3n) is 3.90. The molecule has 0 saturated carbocycles. The summed E-state index contributed by atoms with van der Waals surface area (Å²) in [5, 5.41) is 3.40. The van der Waals surface area contributed by atoms with E-state index < -0.39 is 0 Å². The molecule has 1 aliphatic heterocycles. The van der Waals surface area contributed by atoms with E-state index >= 15 is 0 Å². The van der Waals surface area contributed by atoms with Crippen LogP contribution in [0.25, 0.3) is 5.57 Å². The second-order valence-electron chi connectivity index (χ2n) is 5.58. The van der Waals surface area contributed by atoms with Gasteiger partial charge in [0.05, 0.1) is 0 Å². The predicted octanol–water partition coefficient (Wildman–Crippen LogP) is 3.17. The highest BCUT2D eigenvalue weighted by Gasteiger charge is 2.15. The van der Waals surface area contributed by atoms with Crippen LogP contribution in [0.5, 0.6) is 0 Å². The van der Waals surface area contributed by atoms with Gasteiger partial charge in [0, 0.05) is 39.4 Å². The van der Waals surface area contributed by atoms with Crippen molar-refractivity contribution in [2.24, 2.45) is 4.99 Å². The molecule has 0 spiro atoms. The summed E-state index contributed by atoms with van der Waals surface area (Å²) in [6, 6.07) is 10.7. The molecule has 23 heavy (non-hydrogen) atoms. The van der Waals surface area contributed by atoms with Crippen LogP contribution < -0.4 is 5.32 Å². The van der Waals surface area contributed by atoms with Crippen molar-refractivity contribution in [2.45, 2.75) is 26.7 Å². The van der Waals surface area contributed by atoms with E-state index in [2.05, 4.69) is 53.5 Å². The summed E-state index contributed by atoms with van der Waals surface area (Å²) in [5.74, 6) is 1.02. The molecule has 0 aromatic heterocycles. The molecule has 0 radical (unpaired) electrons. The Bertz CT molecular complexity index is 511. The lowest BCUT2D eigenvalue weighted by Gasteiger charge is -2.30. The van der Waals surface area contributed by atoms with Crippen LogP contribution in [0.3, 0.4) is 0 Å². The normalized spacial score (nSPS) is 15.5. The molecule has 1 aromatic carbocycles. The van der Waals surface area contributed by atoms with Crippen molar-refractivity contribution in [3.63, 3.8) is 0 Å². The molecular formula is C19H29N3O. The van der Waals surface area contributed by atoms with E-state index in [4.69, 9.17) is 9.73 Å². The van der Waals surface area contributed by atoms with E-state index in [0.717, 1.165) is 58.2 Å². The topological polar surface area (TPSA) is 36.9 Å². The van der Waals surface area contributed by atoms with Gasteiger partial charge < -0.3 is 15.0 Å². The first kappa shape index (κ1) is 17.5. The van der Waals surface area contributed by atoms with Gasteiger partial charge in [0.1, 0.15) is 0 Å². The fourth-order valence-corrected chi connectivity index (χ4v) is 2.70. The Morgan fingerprint density at radius 1 is 1.26 bits per heavy atom. The van der Waals surface area contributed by atoms with Crippen LogP contribution in [-0.2, 0) is 4.74 Å².